The third-order valence-electron chi connectivity index (χ3n) is 3.76. The second kappa shape index (κ2) is 6.06. The van der Waals surface area contributed by atoms with Crippen molar-refractivity contribution in [3.63, 3.8) is 0 Å². The SMILES string of the molecule is CCc1nc(Cc2ccc(C)cc2)sc1CNC1CC1. The van der Waals surface area contributed by atoms with Crippen molar-refractivity contribution in [1.29, 1.82) is 0 Å². The summed E-state index contributed by atoms with van der Waals surface area (Å²) in [5, 5.41) is 4.85. The second-order valence-electron chi connectivity index (χ2n) is 5.65. The van der Waals surface area contributed by atoms with E-state index in [-0.39, 0.29) is 0 Å². The molecule has 1 aromatic heterocycles. The van der Waals surface area contributed by atoms with Crippen LogP contribution in [-0.2, 0) is 19.4 Å². The molecule has 1 aliphatic rings. The van der Waals surface area contributed by atoms with Crippen LogP contribution in [0.2, 0.25) is 0 Å². The number of aryl methyl sites for hydroxylation is 2. The molecule has 20 heavy (non-hydrogen) atoms. The van der Waals surface area contributed by atoms with Crippen LogP contribution in [0, 0.1) is 6.92 Å². The standard InChI is InChI=1S/C17H22N2S/c1-3-15-16(11-18-14-8-9-14)20-17(19-15)10-13-6-4-12(2)5-7-13/h4-7,14,18H,3,8-11H2,1-2H3. The summed E-state index contributed by atoms with van der Waals surface area (Å²) in [6, 6.07) is 9.55. The zero-order valence-electron chi connectivity index (χ0n) is 12.3. The van der Waals surface area contributed by atoms with Gasteiger partial charge in [-0.25, -0.2) is 4.98 Å². The molecule has 106 valence electrons. The van der Waals surface area contributed by atoms with Crippen molar-refractivity contribution in [2.75, 3.05) is 0 Å². The first kappa shape index (κ1) is 13.8. The van der Waals surface area contributed by atoms with E-state index in [0.717, 1.165) is 25.4 Å². The molecule has 0 aliphatic heterocycles. The molecule has 0 unspecified atom stereocenters. The molecule has 1 aromatic carbocycles. The molecule has 0 saturated heterocycles. The summed E-state index contributed by atoms with van der Waals surface area (Å²) in [6.45, 7) is 5.33. The molecule has 2 nitrogen and oxygen atoms in total. The van der Waals surface area contributed by atoms with Crippen molar-refractivity contribution in [2.24, 2.45) is 0 Å². The van der Waals surface area contributed by atoms with Gasteiger partial charge in [-0.15, -0.1) is 11.3 Å². The Hall–Kier alpha value is -1.19. The number of nitrogens with one attached hydrogen (secondary N) is 1. The van der Waals surface area contributed by atoms with Gasteiger partial charge in [0.1, 0.15) is 0 Å². The van der Waals surface area contributed by atoms with E-state index in [0.29, 0.717) is 0 Å². The Morgan fingerprint density at radius 3 is 2.65 bits per heavy atom. The van der Waals surface area contributed by atoms with Crippen LogP contribution in [0.15, 0.2) is 24.3 Å². The molecular formula is C17H22N2S. The van der Waals surface area contributed by atoms with Crippen LogP contribution in [0.1, 0.15) is 46.5 Å². The summed E-state index contributed by atoms with van der Waals surface area (Å²) in [5.74, 6) is 0. The molecule has 1 saturated carbocycles. The minimum absolute atomic E-state index is 0.766. The fraction of sp³-hybridized carbons (Fsp3) is 0.471. The Kier molecular flexibility index (Phi) is 4.18. The van der Waals surface area contributed by atoms with E-state index in [9.17, 15) is 0 Å². The van der Waals surface area contributed by atoms with Crippen LogP contribution in [0.5, 0.6) is 0 Å². The van der Waals surface area contributed by atoms with E-state index in [1.165, 1.54) is 39.5 Å². The molecule has 1 N–H and O–H groups in total. The summed E-state index contributed by atoms with van der Waals surface area (Å²) in [7, 11) is 0. The summed E-state index contributed by atoms with van der Waals surface area (Å²) >= 11 is 1.88. The Bertz CT molecular complexity index is 567. The van der Waals surface area contributed by atoms with Crippen molar-refractivity contribution >= 4 is 11.3 Å². The number of hydrogen-bond acceptors (Lipinski definition) is 3. The van der Waals surface area contributed by atoms with Crippen molar-refractivity contribution in [1.82, 2.24) is 10.3 Å². The minimum Gasteiger partial charge on any atom is -0.309 e. The third-order valence-corrected chi connectivity index (χ3v) is 4.86. The van der Waals surface area contributed by atoms with Gasteiger partial charge in [0.2, 0.25) is 0 Å². The lowest BCUT2D eigenvalue weighted by atomic mass is 10.1. The molecule has 0 atom stereocenters. The van der Waals surface area contributed by atoms with Crippen LogP contribution in [0.3, 0.4) is 0 Å². The summed E-state index contributed by atoms with van der Waals surface area (Å²) in [5.41, 5.74) is 3.95. The van der Waals surface area contributed by atoms with E-state index >= 15 is 0 Å². The van der Waals surface area contributed by atoms with Gasteiger partial charge in [-0.3, -0.25) is 0 Å². The highest BCUT2D eigenvalue weighted by Crippen LogP contribution is 2.24. The molecule has 1 fully saturated rings. The highest BCUT2D eigenvalue weighted by molar-refractivity contribution is 7.11. The number of hydrogen-bond donors (Lipinski definition) is 1. The highest BCUT2D eigenvalue weighted by Gasteiger charge is 2.21. The number of aromatic nitrogens is 1. The smallest absolute Gasteiger partial charge is 0.0975 e. The predicted molar refractivity (Wildman–Crippen MR) is 85.3 cm³/mol. The molecular weight excluding hydrogens is 264 g/mol. The number of nitrogens with zero attached hydrogens (tertiary/aromatic N) is 1. The van der Waals surface area contributed by atoms with E-state index in [1.54, 1.807) is 0 Å². The average Bonchev–Trinajstić information content (AvgIpc) is 3.20. The van der Waals surface area contributed by atoms with Crippen LogP contribution >= 0.6 is 11.3 Å². The molecule has 0 bridgehead atoms. The number of thiazole rings is 1. The maximum atomic E-state index is 4.82. The number of benzene rings is 1. The molecule has 1 heterocycles. The van der Waals surface area contributed by atoms with Gasteiger partial charge in [0, 0.05) is 23.9 Å². The van der Waals surface area contributed by atoms with Crippen molar-refractivity contribution in [3.05, 3.63) is 51.0 Å². The normalized spacial score (nSPS) is 14.7. The van der Waals surface area contributed by atoms with E-state index in [2.05, 4.69) is 43.4 Å². The van der Waals surface area contributed by atoms with Gasteiger partial charge in [0.15, 0.2) is 0 Å². The maximum Gasteiger partial charge on any atom is 0.0975 e. The van der Waals surface area contributed by atoms with Gasteiger partial charge in [-0.2, -0.15) is 0 Å². The van der Waals surface area contributed by atoms with Crippen LogP contribution in [0.25, 0.3) is 0 Å². The summed E-state index contributed by atoms with van der Waals surface area (Å²) < 4.78 is 0. The second-order valence-corrected chi connectivity index (χ2v) is 6.82. The summed E-state index contributed by atoms with van der Waals surface area (Å²) in [4.78, 5) is 6.26. The quantitative estimate of drug-likeness (QED) is 0.872. The van der Waals surface area contributed by atoms with Gasteiger partial charge in [-0.1, -0.05) is 36.8 Å². The van der Waals surface area contributed by atoms with Gasteiger partial charge in [0.05, 0.1) is 10.7 Å². The maximum absolute atomic E-state index is 4.82. The Morgan fingerprint density at radius 2 is 2.00 bits per heavy atom. The minimum atomic E-state index is 0.766. The third kappa shape index (κ3) is 3.47. The van der Waals surface area contributed by atoms with Gasteiger partial charge >= 0.3 is 0 Å². The summed E-state index contributed by atoms with van der Waals surface area (Å²) in [6.07, 6.45) is 4.68. The zero-order valence-corrected chi connectivity index (χ0v) is 13.1. The lowest BCUT2D eigenvalue weighted by Crippen LogP contribution is -2.15. The molecule has 3 rings (SSSR count). The Morgan fingerprint density at radius 1 is 1.25 bits per heavy atom. The molecule has 2 aromatic rings. The molecule has 0 amide bonds. The average molecular weight is 286 g/mol. The lowest BCUT2D eigenvalue weighted by Gasteiger charge is -2.00. The monoisotopic (exact) mass is 286 g/mol. The zero-order chi connectivity index (χ0) is 13.9. The topological polar surface area (TPSA) is 24.9 Å². The largest absolute Gasteiger partial charge is 0.309 e. The van der Waals surface area contributed by atoms with E-state index in [1.807, 2.05) is 11.3 Å². The van der Waals surface area contributed by atoms with Crippen LogP contribution < -0.4 is 5.32 Å². The predicted octanol–water partition coefficient (Wildman–Crippen LogP) is 3.86. The van der Waals surface area contributed by atoms with Crippen molar-refractivity contribution < 1.29 is 0 Å². The first-order chi connectivity index (χ1) is 9.74. The van der Waals surface area contributed by atoms with Gasteiger partial charge in [0.25, 0.3) is 0 Å². The fourth-order valence-corrected chi connectivity index (χ4v) is 3.47. The molecule has 0 radical (unpaired) electrons. The fourth-order valence-electron chi connectivity index (χ4n) is 2.33. The van der Waals surface area contributed by atoms with Crippen molar-refractivity contribution in [3.8, 4) is 0 Å². The molecule has 0 spiro atoms. The van der Waals surface area contributed by atoms with Crippen LogP contribution in [0.4, 0.5) is 0 Å². The van der Waals surface area contributed by atoms with Crippen molar-refractivity contribution in [2.45, 2.75) is 52.1 Å². The Labute approximate surface area is 125 Å². The number of rotatable bonds is 6. The highest BCUT2D eigenvalue weighted by atomic mass is 32.1. The van der Waals surface area contributed by atoms with Crippen LogP contribution in [-0.4, -0.2) is 11.0 Å². The van der Waals surface area contributed by atoms with E-state index in [4.69, 9.17) is 4.98 Å². The van der Waals surface area contributed by atoms with E-state index < -0.39 is 0 Å². The Balaban J connectivity index is 1.70. The first-order valence-electron chi connectivity index (χ1n) is 7.51. The van der Waals surface area contributed by atoms with Gasteiger partial charge < -0.3 is 5.32 Å². The molecule has 3 heteroatoms. The molecule has 1 aliphatic carbocycles. The first-order valence-corrected chi connectivity index (χ1v) is 8.32. The lowest BCUT2D eigenvalue weighted by molar-refractivity contribution is 0.689. The van der Waals surface area contributed by atoms with Gasteiger partial charge in [-0.05, 0) is 31.7 Å².